The second-order valence-electron chi connectivity index (χ2n) is 3.87. The first-order chi connectivity index (χ1) is 7.59. The highest BCUT2D eigenvalue weighted by Gasteiger charge is 2.09. The minimum Gasteiger partial charge on any atom is -0.382 e. The van der Waals surface area contributed by atoms with E-state index in [9.17, 15) is 0 Å². The molecule has 0 bridgehead atoms. The molecule has 2 N–H and O–H groups in total. The normalized spacial score (nSPS) is 10.4. The van der Waals surface area contributed by atoms with Gasteiger partial charge < -0.3 is 5.73 Å². The van der Waals surface area contributed by atoms with Crippen molar-refractivity contribution in [2.75, 3.05) is 5.73 Å². The van der Waals surface area contributed by atoms with Crippen LogP contribution in [0.2, 0.25) is 0 Å². The van der Waals surface area contributed by atoms with Gasteiger partial charge >= 0.3 is 0 Å². The lowest BCUT2D eigenvalue weighted by Crippen LogP contribution is -2.02. The summed E-state index contributed by atoms with van der Waals surface area (Å²) in [6, 6.07) is 3.96. The molecule has 0 unspecified atom stereocenters. The SMILES string of the molecule is Cc1ccc(-c2nnc(N)c(C)c2C)cn1. The Labute approximate surface area is 94.6 Å². The monoisotopic (exact) mass is 214 g/mol. The average molecular weight is 214 g/mol. The predicted octanol–water partition coefficient (Wildman–Crippen LogP) is 2.05. The van der Waals surface area contributed by atoms with Gasteiger partial charge in [-0.1, -0.05) is 0 Å². The summed E-state index contributed by atoms with van der Waals surface area (Å²) in [5.41, 5.74) is 10.5. The molecule has 0 spiro atoms. The minimum absolute atomic E-state index is 0.487. The number of aromatic nitrogens is 3. The van der Waals surface area contributed by atoms with Gasteiger partial charge in [-0.05, 0) is 44.0 Å². The number of anilines is 1. The molecule has 0 saturated heterocycles. The van der Waals surface area contributed by atoms with E-state index in [4.69, 9.17) is 5.73 Å². The summed E-state index contributed by atoms with van der Waals surface area (Å²) in [5, 5.41) is 8.06. The molecule has 2 rings (SSSR count). The molecule has 0 aliphatic heterocycles. The van der Waals surface area contributed by atoms with E-state index in [1.54, 1.807) is 0 Å². The number of nitrogens with zero attached hydrogens (tertiary/aromatic N) is 3. The molecule has 4 heteroatoms. The van der Waals surface area contributed by atoms with Crippen molar-refractivity contribution in [3.05, 3.63) is 35.2 Å². The maximum Gasteiger partial charge on any atom is 0.149 e. The van der Waals surface area contributed by atoms with Crippen LogP contribution in [0.3, 0.4) is 0 Å². The van der Waals surface area contributed by atoms with Gasteiger partial charge in [0.25, 0.3) is 0 Å². The molecule has 0 aromatic carbocycles. The van der Waals surface area contributed by atoms with Crippen molar-refractivity contribution in [1.29, 1.82) is 0 Å². The first kappa shape index (κ1) is 10.5. The first-order valence-electron chi connectivity index (χ1n) is 5.12. The lowest BCUT2D eigenvalue weighted by atomic mass is 10.1. The standard InChI is InChI=1S/C12H14N4/c1-7-4-5-10(6-14-7)11-8(2)9(3)12(13)16-15-11/h4-6H,1-3H3,(H2,13,16). The largest absolute Gasteiger partial charge is 0.382 e. The fraction of sp³-hybridized carbons (Fsp3) is 0.250. The van der Waals surface area contributed by atoms with Gasteiger partial charge in [0.1, 0.15) is 5.82 Å². The van der Waals surface area contributed by atoms with Gasteiger partial charge in [-0.15, -0.1) is 10.2 Å². The summed E-state index contributed by atoms with van der Waals surface area (Å²) in [6.07, 6.45) is 1.81. The molecule has 0 aliphatic carbocycles. The van der Waals surface area contributed by atoms with Gasteiger partial charge in [-0.2, -0.15) is 0 Å². The zero-order valence-electron chi connectivity index (χ0n) is 9.65. The Balaban J connectivity index is 2.57. The zero-order chi connectivity index (χ0) is 11.7. The number of aryl methyl sites for hydroxylation is 1. The summed E-state index contributed by atoms with van der Waals surface area (Å²) in [7, 11) is 0. The van der Waals surface area contributed by atoms with Gasteiger partial charge in [0.05, 0.1) is 5.69 Å². The van der Waals surface area contributed by atoms with Gasteiger partial charge in [0.2, 0.25) is 0 Å². The van der Waals surface area contributed by atoms with Crippen LogP contribution in [0.25, 0.3) is 11.3 Å². The molecule has 0 amide bonds. The predicted molar refractivity (Wildman–Crippen MR) is 63.9 cm³/mol. The van der Waals surface area contributed by atoms with Crippen molar-refractivity contribution in [1.82, 2.24) is 15.2 Å². The maximum atomic E-state index is 5.70. The molecule has 0 aliphatic rings. The van der Waals surface area contributed by atoms with Crippen LogP contribution >= 0.6 is 0 Å². The van der Waals surface area contributed by atoms with Crippen LogP contribution in [0, 0.1) is 20.8 Å². The molecule has 2 aromatic heterocycles. The van der Waals surface area contributed by atoms with Crippen LogP contribution in [0.15, 0.2) is 18.3 Å². The second-order valence-corrected chi connectivity index (χ2v) is 3.87. The highest BCUT2D eigenvalue weighted by molar-refractivity contribution is 5.65. The zero-order valence-corrected chi connectivity index (χ0v) is 9.65. The summed E-state index contributed by atoms with van der Waals surface area (Å²) < 4.78 is 0. The van der Waals surface area contributed by atoms with Crippen LogP contribution in [-0.2, 0) is 0 Å². The number of hydrogen-bond donors (Lipinski definition) is 1. The lowest BCUT2D eigenvalue weighted by Gasteiger charge is -2.08. The Morgan fingerprint density at radius 3 is 2.38 bits per heavy atom. The number of rotatable bonds is 1. The van der Waals surface area contributed by atoms with Crippen LogP contribution in [-0.4, -0.2) is 15.2 Å². The van der Waals surface area contributed by atoms with E-state index < -0.39 is 0 Å². The third kappa shape index (κ3) is 1.74. The van der Waals surface area contributed by atoms with Crippen LogP contribution in [0.5, 0.6) is 0 Å². The third-order valence-corrected chi connectivity index (χ3v) is 2.74. The molecule has 0 radical (unpaired) electrons. The second kappa shape index (κ2) is 3.89. The number of nitrogens with two attached hydrogens (primary N) is 1. The quantitative estimate of drug-likeness (QED) is 0.789. The number of nitrogen functional groups attached to an aromatic ring is 1. The van der Waals surface area contributed by atoms with Gasteiger partial charge in [-0.3, -0.25) is 4.98 Å². The Morgan fingerprint density at radius 2 is 1.75 bits per heavy atom. The van der Waals surface area contributed by atoms with Crippen molar-refractivity contribution in [2.45, 2.75) is 20.8 Å². The summed E-state index contributed by atoms with van der Waals surface area (Å²) >= 11 is 0. The topological polar surface area (TPSA) is 64.7 Å². The molecular formula is C12H14N4. The number of hydrogen-bond acceptors (Lipinski definition) is 4. The molecule has 16 heavy (non-hydrogen) atoms. The fourth-order valence-electron chi connectivity index (χ4n) is 1.51. The van der Waals surface area contributed by atoms with E-state index in [1.165, 1.54) is 0 Å². The lowest BCUT2D eigenvalue weighted by molar-refractivity contribution is 1.01. The molecule has 82 valence electrons. The minimum atomic E-state index is 0.487. The average Bonchev–Trinajstić information content (AvgIpc) is 2.28. The van der Waals surface area contributed by atoms with Gasteiger partial charge in [0, 0.05) is 17.5 Å². The highest BCUT2D eigenvalue weighted by atomic mass is 15.1. The molecule has 2 heterocycles. The van der Waals surface area contributed by atoms with Crippen molar-refractivity contribution in [3.63, 3.8) is 0 Å². The highest BCUT2D eigenvalue weighted by Crippen LogP contribution is 2.23. The van der Waals surface area contributed by atoms with Crippen molar-refractivity contribution in [2.24, 2.45) is 0 Å². The van der Waals surface area contributed by atoms with E-state index in [0.717, 1.165) is 28.1 Å². The maximum absolute atomic E-state index is 5.70. The van der Waals surface area contributed by atoms with Crippen molar-refractivity contribution in [3.8, 4) is 11.3 Å². The van der Waals surface area contributed by atoms with E-state index in [-0.39, 0.29) is 0 Å². The molecule has 0 atom stereocenters. The van der Waals surface area contributed by atoms with E-state index in [1.807, 2.05) is 39.1 Å². The third-order valence-electron chi connectivity index (χ3n) is 2.74. The summed E-state index contributed by atoms with van der Waals surface area (Å²) in [6.45, 7) is 5.90. The van der Waals surface area contributed by atoms with E-state index >= 15 is 0 Å². The van der Waals surface area contributed by atoms with E-state index in [2.05, 4.69) is 15.2 Å². The molecule has 0 fully saturated rings. The molecule has 2 aromatic rings. The Morgan fingerprint density at radius 1 is 1.00 bits per heavy atom. The Bertz CT molecular complexity index is 517. The smallest absolute Gasteiger partial charge is 0.149 e. The van der Waals surface area contributed by atoms with Crippen molar-refractivity contribution >= 4 is 5.82 Å². The van der Waals surface area contributed by atoms with Crippen LogP contribution in [0.1, 0.15) is 16.8 Å². The summed E-state index contributed by atoms with van der Waals surface area (Å²) in [4.78, 5) is 4.25. The summed E-state index contributed by atoms with van der Waals surface area (Å²) in [5.74, 6) is 0.487. The Kier molecular flexibility index (Phi) is 2.56. The van der Waals surface area contributed by atoms with Gasteiger partial charge in [0.15, 0.2) is 0 Å². The van der Waals surface area contributed by atoms with Crippen LogP contribution < -0.4 is 5.73 Å². The Hall–Kier alpha value is -1.97. The molecule has 4 nitrogen and oxygen atoms in total. The van der Waals surface area contributed by atoms with Gasteiger partial charge in [-0.25, -0.2) is 0 Å². The number of pyridine rings is 1. The first-order valence-corrected chi connectivity index (χ1v) is 5.12. The molecule has 0 saturated carbocycles. The van der Waals surface area contributed by atoms with E-state index in [0.29, 0.717) is 5.82 Å². The van der Waals surface area contributed by atoms with Crippen molar-refractivity contribution < 1.29 is 0 Å². The molecular weight excluding hydrogens is 200 g/mol. The van der Waals surface area contributed by atoms with Crippen LogP contribution in [0.4, 0.5) is 5.82 Å². The fourth-order valence-corrected chi connectivity index (χ4v) is 1.51.